The van der Waals surface area contributed by atoms with Crippen LogP contribution in [-0.4, -0.2) is 30.7 Å². The predicted octanol–water partition coefficient (Wildman–Crippen LogP) is 1.69. The molecule has 1 aliphatic rings. The van der Waals surface area contributed by atoms with Crippen LogP contribution in [0.2, 0.25) is 0 Å². The average Bonchev–Trinajstić information content (AvgIpc) is 2.63. The Balaban J connectivity index is 2.06. The lowest BCUT2D eigenvalue weighted by molar-refractivity contribution is -0.122. The van der Waals surface area contributed by atoms with Crippen molar-refractivity contribution in [3.8, 4) is 0 Å². The number of benzene rings is 1. The minimum atomic E-state index is -0.630. The van der Waals surface area contributed by atoms with Gasteiger partial charge in [0.2, 0.25) is 5.91 Å². The topological polar surface area (TPSA) is 66.5 Å². The van der Waals surface area contributed by atoms with Gasteiger partial charge in [0.05, 0.1) is 11.3 Å². The molecule has 0 bridgehead atoms. The number of carbonyl (C=O) groups is 3. The largest absolute Gasteiger partial charge is 0.355 e. The lowest BCUT2D eigenvalue weighted by atomic mass is 10.1. The van der Waals surface area contributed by atoms with Gasteiger partial charge in [0.25, 0.3) is 11.7 Å². The third-order valence-electron chi connectivity index (χ3n) is 3.47. The van der Waals surface area contributed by atoms with Gasteiger partial charge in [-0.25, -0.2) is 0 Å². The molecule has 0 fully saturated rings. The third-order valence-corrected chi connectivity index (χ3v) is 3.47. The van der Waals surface area contributed by atoms with Crippen LogP contribution in [0, 0.1) is 12.8 Å². The van der Waals surface area contributed by atoms with Crippen molar-refractivity contribution < 1.29 is 14.4 Å². The highest BCUT2D eigenvalue weighted by Crippen LogP contribution is 2.29. The van der Waals surface area contributed by atoms with E-state index in [-0.39, 0.29) is 12.5 Å². The van der Waals surface area contributed by atoms with Crippen LogP contribution in [0.25, 0.3) is 0 Å². The van der Waals surface area contributed by atoms with E-state index in [1.54, 1.807) is 12.1 Å². The van der Waals surface area contributed by atoms with Crippen molar-refractivity contribution >= 4 is 23.3 Å². The van der Waals surface area contributed by atoms with E-state index in [0.717, 1.165) is 12.0 Å². The first-order valence-corrected chi connectivity index (χ1v) is 7.13. The van der Waals surface area contributed by atoms with Gasteiger partial charge in [0.15, 0.2) is 0 Å². The summed E-state index contributed by atoms with van der Waals surface area (Å²) in [5.74, 6) is -0.910. The van der Waals surface area contributed by atoms with Gasteiger partial charge in [-0.15, -0.1) is 0 Å². The van der Waals surface area contributed by atoms with E-state index in [2.05, 4.69) is 19.2 Å². The Labute approximate surface area is 124 Å². The summed E-state index contributed by atoms with van der Waals surface area (Å²) >= 11 is 0. The molecule has 1 aromatic carbocycles. The third kappa shape index (κ3) is 3.29. The molecular weight excluding hydrogens is 268 g/mol. The van der Waals surface area contributed by atoms with Crippen LogP contribution in [0.5, 0.6) is 0 Å². The standard InChI is InChI=1S/C16H20N2O3/c1-10(2)6-7-17-14(19)9-18-13-5-4-11(3)8-12(13)15(20)16(18)21/h4-5,8,10H,6-7,9H2,1-3H3,(H,17,19). The van der Waals surface area contributed by atoms with E-state index >= 15 is 0 Å². The fraction of sp³-hybridized carbons (Fsp3) is 0.438. The van der Waals surface area contributed by atoms with Gasteiger partial charge in [-0.05, 0) is 31.4 Å². The zero-order valence-corrected chi connectivity index (χ0v) is 12.6. The quantitative estimate of drug-likeness (QED) is 0.838. The molecule has 0 spiro atoms. The number of fused-ring (bicyclic) bond motifs is 1. The van der Waals surface area contributed by atoms with Gasteiger partial charge in [-0.3, -0.25) is 19.3 Å². The minimum absolute atomic E-state index is 0.112. The summed E-state index contributed by atoms with van der Waals surface area (Å²) in [6, 6.07) is 5.23. The molecule has 2 rings (SSSR count). The van der Waals surface area contributed by atoms with Gasteiger partial charge in [0.1, 0.15) is 6.54 Å². The molecular formula is C16H20N2O3. The summed E-state index contributed by atoms with van der Waals surface area (Å²) in [5, 5.41) is 2.77. The molecule has 5 heteroatoms. The maximum absolute atomic E-state index is 12.0. The monoisotopic (exact) mass is 288 g/mol. The number of ketones is 1. The first-order chi connectivity index (χ1) is 9.90. The van der Waals surface area contributed by atoms with Gasteiger partial charge < -0.3 is 5.32 Å². The van der Waals surface area contributed by atoms with Crippen molar-refractivity contribution in [1.82, 2.24) is 5.32 Å². The molecule has 0 aromatic heterocycles. The summed E-state index contributed by atoms with van der Waals surface area (Å²) < 4.78 is 0. The lowest BCUT2D eigenvalue weighted by Gasteiger charge is -2.16. The van der Waals surface area contributed by atoms with Crippen LogP contribution >= 0.6 is 0 Å². The smallest absolute Gasteiger partial charge is 0.299 e. The molecule has 21 heavy (non-hydrogen) atoms. The average molecular weight is 288 g/mol. The van der Waals surface area contributed by atoms with Gasteiger partial charge in [-0.2, -0.15) is 0 Å². The number of Topliss-reactive ketones (excluding diaryl/α,β-unsaturated/α-hetero) is 1. The number of anilines is 1. The van der Waals surface area contributed by atoms with E-state index in [1.165, 1.54) is 4.90 Å². The molecule has 0 saturated carbocycles. The van der Waals surface area contributed by atoms with Crippen molar-refractivity contribution in [2.24, 2.45) is 5.92 Å². The first kappa shape index (κ1) is 15.2. The molecule has 1 aromatic rings. The number of rotatable bonds is 5. The highest BCUT2D eigenvalue weighted by atomic mass is 16.2. The Morgan fingerprint density at radius 2 is 2.00 bits per heavy atom. The molecule has 5 nitrogen and oxygen atoms in total. The summed E-state index contributed by atoms with van der Waals surface area (Å²) in [4.78, 5) is 37.1. The predicted molar refractivity (Wildman–Crippen MR) is 80.3 cm³/mol. The number of nitrogens with zero attached hydrogens (tertiary/aromatic N) is 1. The molecule has 0 aliphatic carbocycles. The Morgan fingerprint density at radius 1 is 1.29 bits per heavy atom. The fourth-order valence-electron chi connectivity index (χ4n) is 2.27. The van der Waals surface area contributed by atoms with E-state index in [4.69, 9.17) is 0 Å². The van der Waals surface area contributed by atoms with Crippen LogP contribution in [-0.2, 0) is 9.59 Å². The Hall–Kier alpha value is -2.17. The summed E-state index contributed by atoms with van der Waals surface area (Å²) in [7, 11) is 0. The highest BCUT2D eigenvalue weighted by Gasteiger charge is 2.36. The second-order valence-corrected chi connectivity index (χ2v) is 5.77. The first-order valence-electron chi connectivity index (χ1n) is 7.13. The number of aryl methyl sites for hydroxylation is 1. The van der Waals surface area contributed by atoms with Crippen molar-refractivity contribution in [2.75, 3.05) is 18.0 Å². The molecule has 2 amide bonds. The van der Waals surface area contributed by atoms with E-state index in [9.17, 15) is 14.4 Å². The minimum Gasteiger partial charge on any atom is -0.355 e. The lowest BCUT2D eigenvalue weighted by Crippen LogP contribution is -2.40. The zero-order chi connectivity index (χ0) is 15.6. The molecule has 0 saturated heterocycles. The Bertz CT molecular complexity index is 593. The SMILES string of the molecule is Cc1ccc2c(c1)C(=O)C(=O)N2CC(=O)NCCC(C)C. The highest BCUT2D eigenvalue weighted by molar-refractivity contribution is 6.52. The van der Waals surface area contributed by atoms with Crippen molar-refractivity contribution in [3.05, 3.63) is 29.3 Å². The molecule has 112 valence electrons. The van der Waals surface area contributed by atoms with Crippen LogP contribution in [0.15, 0.2) is 18.2 Å². The van der Waals surface area contributed by atoms with Crippen molar-refractivity contribution in [3.63, 3.8) is 0 Å². The van der Waals surface area contributed by atoms with Crippen LogP contribution in [0.3, 0.4) is 0 Å². The van der Waals surface area contributed by atoms with Gasteiger partial charge in [0, 0.05) is 6.54 Å². The van der Waals surface area contributed by atoms with Crippen molar-refractivity contribution in [1.29, 1.82) is 0 Å². The summed E-state index contributed by atoms with van der Waals surface area (Å²) in [5.41, 5.74) is 1.82. The summed E-state index contributed by atoms with van der Waals surface area (Å²) in [6.07, 6.45) is 0.883. The van der Waals surface area contributed by atoms with E-state index < -0.39 is 11.7 Å². The number of hydrogen-bond donors (Lipinski definition) is 1. The Kier molecular flexibility index (Phi) is 4.40. The fourth-order valence-corrected chi connectivity index (χ4v) is 2.27. The van der Waals surface area contributed by atoms with E-state index in [0.29, 0.717) is 23.7 Å². The molecule has 1 aliphatic heterocycles. The maximum atomic E-state index is 12.0. The van der Waals surface area contributed by atoms with Crippen molar-refractivity contribution in [2.45, 2.75) is 27.2 Å². The second-order valence-electron chi connectivity index (χ2n) is 5.77. The maximum Gasteiger partial charge on any atom is 0.299 e. The number of hydrogen-bond acceptors (Lipinski definition) is 3. The number of amides is 2. The zero-order valence-electron chi connectivity index (χ0n) is 12.6. The molecule has 0 unspecified atom stereocenters. The van der Waals surface area contributed by atoms with Crippen LogP contribution in [0.4, 0.5) is 5.69 Å². The molecule has 0 radical (unpaired) electrons. The molecule has 0 atom stereocenters. The Morgan fingerprint density at radius 3 is 2.67 bits per heavy atom. The van der Waals surface area contributed by atoms with Gasteiger partial charge >= 0.3 is 0 Å². The summed E-state index contributed by atoms with van der Waals surface area (Å²) in [6.45, 7) is 6.48. The molecule has 1 heterocycles. The second kappa shape index (κ2) is 6.08. The van der Waals surface area contributed by atoms with Crippen LogP contribution in [0.1, 0.15) is 36.2 Å². The van der Waals surface area contributed by atoms with E-state index in [1.807, 2.05) is 13.0 Å². The number of nitrogens with one attached hydrogen (secondary N) is 1. The van der Waals surface area contributed by atoms with Gasteiger partial charge in [-0.1, -0.05) is 25.5 Å². The van der Waals surface area contributed by atoms with Crippen LogP contribution < -0.4 is 10.2 Å². The normalized spacial score (nSPS) is 13.8. The number of carbonyl (C=O) groups excluding carboxylic acids is 3. The molecule has 1 N–H and O–H groups in total.